The Morgan fingerprint density at radius 3 is 3.00 bits per heavy atom. The van der Waals surface area contributed by atoms with Crippen LogP contribution in [0.2, 0.25) is 0 Å². The molecule has 2 rings (SSSR count). The lowest BCUT2D eigenvalue weighted by atomic mass is 10.0. The van der Waals surface area contributed by atoms with Crippen LogP contribution < -0.4 is 5.73 Å². The number of aliphatic carboxylic acids is 1. The first kappa shape index (κ1) is 12.1. The van der Waals surface area contributed by atoms with Crippen LogP contribution in [0.25, 0.3) is 0 Å². The second-order valence-electron chi connectivity index (χ2n) is 4.69. The Bertz CT molecular complexity index is 417. The molecule has 0 aliphatic carbocycles. The summed E-state index contributed by atoms with van der Waals surface area (Å²) in [6.07, 6.45) is 5.01. The number of hydrogen-bond donors (Lipinski definition) is 2. The first-order valence-electron chi connectivity index (χ1n) is 5.72. The van der Waals surface area contributed by atoms with Crippen molar-refractivity contribution in [3.8, 4) is 0 Å². The molecule has 3 N–H and O–H groups in total. The van der Waals surface area contributed by atoms with Gasteiger partial charge in [-0.3, -0.25) is 4.79 Å². The molecule has 1 aliphatic heterocycles. The molecule has 2 heterocycles. The van der Waals surface area contributed by atoms with Gasteiger partial charge in [-0.1, -0.05) is 0 Å². The topological polar surface area (TPSA) is 84.4 Å². The maximum absolute atomic E-state index is 11.0. The van der Waals surface area contributed by atoms with Crippen molar-refractivity contribution >= 4 is 5.97 Å². The van der Waals surface area contributed by atoms with Gasteiger partial charge >= 0.3 is 5.97 Å². The van der Waals surface area contributed by atoms with Crippen molar-refractivity contribution in [3.63, 3.8) is 0 Å². The molecule has 17 heavy (non-hydrogen) atoms. The number of aryl methyl sites for hydroxylation is 1. The quantitative estimate of drug-likeness (QED) is 0.735. The lowest BCUT2D eigenvalue weighted by Crippen LogP contribution is -2.50. The van der Waals surface area contributed by atoms with Crippen LogP contribution in [-0.4, -0.2) is 50.7 Å². The van der Waals surface area contributed by atoms with Gasteiger partial charge in [0, 0.05) is 45.5 Å². The monoisotopic (exact) mass is 238 g/mol. The Hall–Kier alpha value is -1.40. The molecule has 1 aliphatic rings. The molecule has 1 fully saturated rings. The number of likely N-dealkylation sites (tertiary alicyclic amines) is 1. The van der Waals surface area contributed by atoms with Crippen molar-refractivity contribution < 1.29 is 9.90 Å². The smallest absolute Gasteiger partial charge is 0.325 e. The van der Waals surface area contributed by atoms with Crippen molar-refractivity contribution in [3.05, 3.63) is 18.2 Å². The van der Waals surface area contributed by atoms with Crippen LogP contribution in [0.15, 0.2) is 12.4 Å². The maximum atomic E-state index is 11.0. The van der Waals surface area contributed by atoms with E-state index in [4.69, 9.17) is 10.8 Å². The van der Waals surface area contributed by atoms with E-state index in [2.05, 4.69) is 9.88 Å². The third-order valence-corrected chi connectivity index (χ3v) is 3.38. The summed E-state index contributed by atoms with van der Waals surface area (Å²) in [5.74, 6) is 0.104. The highest BCUT2D eigenvalue weighted by Gasteiger charge is 2.40. The van der Waals surface area contributed by atoms with E-state index in [9.17, 15) is 4.79 Å². The number of hydrogen-bond acceptors (Lipinski definition) is 4. The molecule has 0 aromatic carbocycles. The minimum atomic E-state index is -1.07. The summed E-state index contributed by atoms with van der Waals surface area (Å²) in [5, 5.41) is 9.02. The summed E-state index contributed by atoms with van der Waals surface area (Å²) in [4.78, 5) is 17.3. The molecule has 1 unspecified atom stereocenters. The average Bonchev–Trinajstić information content (AvgIpc) is 2.83. The fourth-order valence-electron chi connectivity index (χ4n) is 2.18. The Labute approximate surface area is 100 Å². The van der Waals surface area contributed by atoms with Crippen molar-refractivity contribution in [2.75, 3.05) is 19.6 Å². The van der Waals surface area contributed by atoms with Crippen LogP contribution in [0.4, 0.5) is 0 Å². The van der Waals surface area contributed by atoms with Gasteiger partial charge in [-0.15, -0.1) is 0 Å². The molecule has 6 heteroatoms. The number of rotatable bonds is 4. The third-order valence-electron chi connectivity index (χ3n) is 3.38. The molecule has 1 atom stereocenters. The number of aromatic nitrogens is 2. The van der Waals surface area contributed by atoms with E-state index in [1.807, 2.05) is 17.8 Å². The number of carboxylic acids is 1. The lowest BCUT2D eigenvalue weighted by Gasteiger charge is -2.19. The minimum absolute atomic E-state index is 0.423. The largest absolute Gasteiger partial charge is 0.480 e. The van der Waals surface area contributed by atoms with E-state index >= 15 is 0 Å². The molecule has 94 valence electrons. The predicted molar refractivity (Wildman–Crippen MR) is 62.5 cm³/mol. The molecule has 6 nitrogen and oxygen atoms in total. The van der Waals surface area contributed by atoms with E-state index in [1.165, 1.54) is 0 Å². The number of imidazole rings is 1. The van der Waals surface area contributed by atoms with Gasteiger partial charge in [0.25, 0.3) is 0 Å². The van der Waals surface area contributed by atoms with Crippen LogP contribution in [0.1, 0.15) is 12.2 Å². The number of nitrogens with two attached hydrogens (primary N) is 1. The van der Waals surface area contributed by atoms with Gasteiger partial charge in [-0.05, 0) is 6.42 Å². The maximum Gasteiger partial charge on any atom is 0.325 e. The summed E-state index contributed by atoms with van der Waals surface area (Å²) in [6.45, 7) is 1.97. The van der Waals surface area contributed by atoms with Crippen LogP contribution in [0.5, 0.6) is 0 Å². The molecule has 0 amide bonds. The average molecular weight is 238 g/mol. The zero-order chi connectivity index (χ0) is 12.5. The van der Waals surface area contributed by atoms with E-state index < -0.39 is 11.5 Å². The van der Waals surface area contributed by atoms with Crippen molar-refractivity contribution in [2.24, 2.45) is 12.8 Å². The zero-order valence-electron chi connectivity index (χ0n) is 9.96. The van der Waals surface area contributed by atoms with Crippen molar-refractivity contribution in [2.45, 2.75) is 18.4 Å². The van der Waals surface area contributed by atoms with Crippen LogP contribution in [-0.2, 0) is 18.3 Å². The Kier molecular flexibility index (Phi) is 3.17. The van der Waals surface area contributed by atoms with Gasteiger partial charge in [0.15, 0.2) is 0 Å². The Morgan fingerprint density at radius 1 is 1.71 bits per heavy atom. The first-order chi connectivity index (χ1) is 8.01. The summed E-state index contributed by atoms with van der Waals surface area (Å²) in [7, 11) is 1.96. The van der Waals surface area contributed by atoms with E-state index in [-0.39, 0.29) is 0 Å². The SMILES string of the molecule is Cn1ccnc1CCN1CCC(N)(C(=O)O)C1. The molecule has 0 radical (unpaired) electrons. The molecular formula is C11H18N4O2. The van der Waals surface area contributed by atoms with Gasteiger partial charge < -0.3 is 20.3 Å². The molecule has 0 bridgehead atoms. The van der Waals surface area contributed by atoms with Crippen LogP contribution in [0, 0.1) is 0 Å². The lowest BCUT2D eigenvalue weighted by molar-refractivity contribution is -0.142. The van der Waals surface area contributed by atoms with E-state index in [0.717, 1.165) is 25.3 Å². The summed E-state index contributed by atoms with van der Waals surface area (Å²) < 4.78 is 1.98. The normalized spacial score (nSPS) is 25.3. The van der Waals surface area contributed by atoms with Gasteiger partial charge in [0.1, 0.15) is 11.4 Å². The van der Waals surface area contributed by atoms with Crippen LogP contribution >= 0.6 is 0 Å². The van der Waals surface area contributed by atoms with Gasteiger partial charge in [-0.25, -0.2) is 4.98 Å². The fourth-order valence-corrected chi connectivity index (χ4v) is 2.18. The predicted octanol–water partition coefficient (Wildman–Crippen LogP) is -0.550. The van der Waals surface area contributed by atoms with Crippen LogP contribution in [0.3, 0.4) is 0 Å². The highest BCUT2D eigenvalue weighted by atomic mass is 16.4. The fraction of sp³-hybridized carbons (Fsp3) is 0.636. The Morgan fingerprint density at radius 2 is 2.47 bits per heavy atom. The molecule has 1 saturated heterocycles. The van der Waals surface area contributed by atoms with Gasteiger partial charge in [0.2, 0.25) is 0 Å². The molecule has 1 aromatic rings. The van der Waals surface area contributed by atoms with E-state index in [0.29, 0.717) is 13.0 Å². The molecular weight excluding hydrogens is 220 g/mol. The third kappa shape index (κ3) is 2.48. The van der Waals surface area contributed by atoms with E-state index in [1.54, 1.807) is 6.20 Å². The Balaban J connectivity index is 1.87. The molecule has 0 saturated carbocycles. The highest BCUT2D eigenvalue weighted by Crippen LogP contribution is 2.19. The number of carbonyl (C=O) groups is 1. The second-order valence-corrected chi connectivity index (χ2v) is 4.69. The summed E-state index contributed by atoms with van der Waals surface area (Å²) >= 11 is 0. The summed E-state index contributed by atoms with van der Waals surface area (Å²) in [5.41, 5.74) is 4.74. The van der Waals surface area contributed by atoms with Gasteiger partial charge in [0.05, 0.1) is 0 Å². The number of carboxylic acid groups (broad SMARTS) is 1. The summed E-state index contributed by atoms with van der Waals surface area (Å²) in [6, 6.07) is 0. The minimum Gasteiger partial charge on any atom is -0.480 e. The molecule has 1 aromatic heterocycles. The zero-order valence-corrected chi connectivity index (χ0v) is 9.96. The van der Waals surface area contributed by atoms with Crippen molar-refractivity contribution in [1.29, 1.82) is 0 Å². The van der Waals surface area contributed by atoms with Crippen molar-refractivity contribution in [1.82, 2.24) is 14.5 Å². The second kappa shape index (κ2) is 4.46. The highest BCUT2D eigenvalue weighted by molar-refractivity contribution is 5.79. The standard InChI is InChI=1S/C11H18N4O2/c1-14-7-4-13-9(14)2-5-15-6-3-11(12,8-15)10(16)17/h4,7H,2-3,5-6,8,12H2,1H3,(H,16,17). The first-order valence-corrected chi connectivity index (χ1v) is 5.72. The van der Waals surface area contributed by atoms with Gasteiger partial charge in [-0.2, -0.15) is 0 Å². The molecule has 0 spiro atoms. The number of nitrogens with zero attached hydrogens (tertiary/aromatic N) is 3.